The highest BCUT2D eigenvalue weighted by Gasteiger charge is 2.15. The number of aryl methyl sites for hydroxylation is 1. The molecule has 154 valence electrons. The number of methoxy groups -OCH3 is 1. The van der Waals surface area contributed by atoms with Crippen molar-refractivity contribution in [1.82, 2.24) is 5.32 Å². The Morgan fingerprint density at radius 3 is 2.45 bits per heavy atom. The van der Waals surface area contributed by atoms with Gasteiger partial charge in [-0.25, -0.2) is 4.79 Å². The zero-order chi connectivity index (χ0) is 21.1. The normalized spacial score (nSPS) is 10.3. The first-order valence-corrected chi connectivity index (χ1v) is 9.99. The molecule has 0 heterocycles. The van der Waals surface area contributed by atoms with E-state index in [9.17, 15) is 14.4 Å². The van der Waals surface area contributed by atoms with Crippen molar-refractivity contribution in [2.24, 2.45) is 0 Å². The van der Waals surface area contributed by atoms with Crippen LogP contribution in [0.4, 0.5) is 5.69 Å². The van der Waals surface area contributed by atoms with Crippen LogP contribution in [0.3, 0.4) is 0 Å². The fourth-order valence-corrected chi connectivity index (χ4v) is 3.13. The van der Waals surface area contributed by atoms with E-state index in [-0.39, 0.29) is 18.3 Å². The molecule has 2 aromatic carbocycles. The molecule has 8 heteroatoms. The first-order chi connectivity index (χ1) is 14.0. The molecular formula is C21H24N2O5S. The summed E-state index contributed by atoms with van der Waals surface area (Å²) in [6, 6.07) is 14.3. The van der Waals surface area contributed by atoms with Gasteiger partial charge in [-0.3, -0.25) is 9.59 Å². The molecule has 0 aliphatic carbocycles. The third-order valence-corrected chi connectivity index (χ3v) is 4.84. The van der Waals surface area contributed by atoms with E-state index in [0.29, 0.717) is 29.3 Å². The van der Waals surface area contributed by atoms with Gasteiger partial charge in [0.05, 0.1) is 17.9 Å². The number of hydrogen-bond acceptors (Lipinski definition) is 6. The molecule has 0 spiro atoms. The lowest BCUT2D eigenvalue weighted by Crippen LogP contribution is -2.31. The first kappa shape index (κ1) is 22.4. The van der Waals surface area contributed by atoms with E-state index in [1.807, 2.05) is 31.2 Å². The summed E-state index contributed by atoms with van der Waals surface area (Å²) in [5.41, 5.74) is 2.14. The molecule has 0 bridgehead atoms. The maximum absolute atomic E-state index is 12.3. The molecule has 2 rings (SSSR count). The van der Waals surface area contributed by atoms with Gasteiger partial charge in [0.15, 0.2) is 6.61 Å². The van der Waals surface area contributed by atoms with Gasteiger partial charge in [0, 0.05) is 24.2 Å². The van der Waals surface area contributed by atoms with Crippen molar-refractivity contribution >= 4 is 35.2 Å². The molecule has 2 amide bonds. The maximum Gasteiger partial charge on any atom is 0.339 e. The van der Waals surface area contributed by atoms with Crippen molar-refractivity contribution in [3.63, 3.8) is 0 Å². The lowest BCUT2D eigenvalue weighted by atomic mass is 10.2. The maximum atomic E-state index is 12.3. The quantitative estimate of drug-likeness (QED) is 0.351. The summed E-state index contributed by atoms with van der Waals surface area (Å²) < 4.78 is 9.90. The number of anilines is 1. The minimum absolute atomic E-state index is 0.135. The fraction of sp³-hybridized carbons (Fsp3) is 0.286. The van der Waals surface area contributed by atoms with Gasteiger partial charge < -0.3 is 20.1 Å². The molecule has 0 atom stereocenters. The average molecular weight is 416 g/mol. The van der Waals surface area contributed by atoms with Crippen LogP contribution in [0.2, 0.25) is 0 Å². The molecule has 0 saturated heterocycles. The van der Waals surface area contributed by atoms with E-state index in [1.165, 1.54) is 18.9 Å². The molecule has 2 N–H and O–H groups in total. The monoisotopic (exact) mass is 416 g/mol. The molecule has 0 aromatic heterocycles. The Morgan fingerprint density at radius 1 is 1.00 bits per heavy atom. The number of benzene rings is 2. The largest absolute Gasteiger partial charge is 0.452 e. The third-order valence-electron chi connectivity index (χ3n) is 3.76. The van der Waals surface area contributed by atoms with E-state index in [0.717, 1.165) is 5.56 Å². The van der Waals surface area contributed by atoms with Crippen LogP contribution >= 0.6 is 11.8 Å². The van der Waals surface area contributed by atoms with Gasteiger partial charge in [0.2, 0.25) is 5.91 Å². The standard InChI is InChI=1S/C21H24N2O5S/c1-15-7-9-16(10-8-15)23-20(25)14-29-18-6-4-3-5-17(18)21(26)28-13-19(24)22-11-12-27-2/h3-10H,11-14H2,1-2H3,(H,22,24)(H,23,25). The summed E-state index contributed by atoms with van der Waals surface area (Å²) in [4.78, 5) is 36.8. The molecule has 0 fully saturated rings. The topological polar surface area (TPSA) is 93.7 Å². The van der Waals surface area contributed by atoms with E-state index >= 15 is 0 Å². The van der Waals surface area contributed by atoms with Gasteiger partial charge >= 0.3 is 5.97 Å². The zero-order valence-electron chi connectivity index (χ0n) is 16.4. The minimum atomic E-state index is -0.617. The molecule has 0 aliphatic rings. The number of thioether (sulfide) groups is 1. The molecule has 0 unspecified atom stereocenters. The summed E-state index contributed by atoms with van der Waals surface area (Å²) in [6.07, 6.45) is 0. The smallest absolute Gasteiger partial charge is 0.339 e. The Balaban J connectivity index is 1.87. The number of hydrogen-bond donors (Lipinski definition) is 2. The van der Waals surface area contributed by atoms with Crippen molar-refractivity contribution in [2.75, 3.05) is 37.9 Å². The Bertz CT molecular complexity index is 839. The highest BCUT2D eigenvalue weighted by molar-refractivity contribution is 8.00. The predicted molar refractivity (Wildman–Crippen MR) is 112 cm³/mol. The molecular weight excluding hydrogens is 392 g/mol. The Hall–Kier alpha value is -2.84. The Labute approximate surface area is 174 Å². The van der Waals surface area contributed by atoms with Crippen LogP contribution in [0.5, 0.6) is 0 Å². The number of ether oxygens (including phenoxy) is 2. The van der Waals surface area contributed by atoms with E-state index in [2.05, 4.69) is 10.6 Å². The summed E-state index contributed by atoms with van der Waals surface area (Å²) >= 11 is 1.23. The number of carbonyl (C=O) groups is 3. The van der Waals surface area contributed by atoms with Crippen LogP contribution in [-0.4, -0.2) is 50.4 Å². The summed E-state index contributed by atoms with van der Waals surface area (Å²) in [5.74, 6) is -1.07. The van der Waals surface area contributed by atoms with Crippen molar-refractivity contribution in [3.8, 4) is 0 Å². The van der Waals surface area contributed by atoms with Gasteiger partial charge in [-0.2, -0.15) is 0 Å². The zero-order valence-corrected chi connectivity index (χ0v) is 17.2. The Kier molecular flexibility index (Phi) is 9.20. The van der Waals surface area contributed by atoms with Crippen molar-refractivity contribution in [3.05, 3.63) is 59.7 Å². The molecule has 0 saturated carbocycles. The van der Waals surface area contributed by atoms with Crippen LogP contribution < -0.4 is 10.6 Å². The first-order valence-electron chi connectivity index (χ1n) is 9.00. The molecule has 0 aliphatic heterocycles. The molecule has 29 heavy (non-hydrogen) atoms. The second-order valence-corrected chi connectivity index (χ2v) is 7.14. The van der Waals surface area contributed by atoms with Gasteiger partial charge in [-0.15, -0.1) is 11.8 Å². The van der Waals surface area contributed by atoms with Crippen LogP contribution in [0.15, 0.2) is 53.4 Å². The molecule has 7 nitrogen and oxygen atoms in total. The second kappa shape index (κ2) is 11.9. The lowest BCUT2D eigenvalue weighted by molar-refractivity contribution is -0.124. The van der Waals surface area contributed by atoms with Crippen molar-refractivity contribution in [2.45, 2.75) is 11.8 Å². The average Bonchev–Trinajstić information content (AvgIpc) is 2.72. The van der Waals surface area contributed by atoms with Gasteiger partial charge in [-0.05, 0) is 31.2 Å². The second-order valence-electron chi connectivity index (χ2n) is 6.12. The van der Waals surface area contributed by atoms with Crippen molar-refractivity contribution < 1.29 is 23.9 Å². The SMILES string of the molecule is COCCNC(=O)COC(=O)c1ccccc1SCC(=O)Nc1ccc(C)cc1. The number of esters is 1. The molecule has 0 radical (unpaired) electrons. The van der Waals surface area contributed by atoms with E-state index in [1.54, 1.807) is 24.3 Å². The Morgan fingerprint density at radius 2 is 1.72 bits per heavy atom. The van der Waals surface area contributed by atoms with Crippen molar-refractivity contribution in [1.29, 1.82) is 0 Å². The van der Waals surface area contributed by atoms with Crippen LogP contribution in [0.25, 0.3) is 0 Å². The summed E-state index contributed by atoms with van der Waals surface area (Å²) in [5, 5.41) is 5.39. The predicted octanol–water partition coefficient (Wildman–Crippen LogP) is 2.65. The minimum Gasteiger partial charge on any atom is -0.452 e. The van der Waals surface area contributed by atoms with E-state index < -0.39 is 11.9 Å². The fourth-order valence-electron chi connectivity index (χ4n) is 2.29. The highest BCUT2D eigenvalue weighted by atomic mass is 32.2. The van der Waals surface area contributed by atoms with Crippen LogP contribution in [-0.2, 0) is 19.1 Å². The van der Waals surface area contributed by atoms with Crippen LogP contribution in [0.1, 0.15) is 15.9 Å². The number of rotatable bonds is 10. The number of nitrogens with one attached hydrogen (secondary N) is 2. The van der Waals surface area contributed by atoms with E-state index in [4.69, 9.17) is 9.47 Å². The van der Waals surface area contributed by atoms with Gasteiger partial charge in [0.1, 0.15) is 0 Å². The summed E-state index contributed by atoms with van der Waals surface area (Å²) in [6.45, 7) is 2.31. The van der Waals surface area contributed by atoms with Gasteiger partial charge in [0.25, 0.3) is 5.91 Å². The van der Waals surface area contributed by atoms with Crippen LogP contribution in [0, 0.1) is 6.92 Å². The summed E-state index contributed by atoms with van der Waals surface area (Å²) in [7, 11) is 1.53. The lowest BCUT2D eigenvalue weighted by Gasteiger charge is -2.10. The van der Waals surface area contributed by atoms with Gasteiger partial charge in [-0.1, -0.05) is 29.8 Å². The third kappa shape index (κ3) is 7.97. The highest BCUT2D eigenvalue weighted by Crippen LogP contribution is 2.23. The number of carbonyl (C=O) groups excluding carboxylic acids is 3. The number of amides is 2. The molecule has 2 aromatic rings.